The highest BCUT2D eigenvalue weighted by molar-refractivity contribution is 7.95. The highest BCUT2D eigenvalue weighted by Gasteiger charge is 2.56. The van der Waals surface area contributed by atoms with Crippen LogP contribution in [-0.2, 0) is 39.6 Å². The minimum Gasteiger partial charge on any atom is -0.455 e. The monoisotopic (exact) mass is 1090 g/mol. The van der Waals surface area contributed by atoms with Crippen molar-refractivity contribution in [2.75, 3.05) is 33.3 Å². The van der Waals surface area contributed by atoms with Crippen molar-refractivity contribution >= 4 is 75.9 Å². The van der Waals surface area contributed by atoms with Crippen molar-refractivity contribution in [2.24, 2.45) is 0 Å². The summed E-state index contributed by atoms with van der Waals surface area (Å²) < 4.78 is 25.5. The Balaban J connectivity index is 1.18. The number of halogens is 2. The Morgan fingerprint density at radius 2 is 1.26 bits per heavy atom. The fourth-order valence-electron chi connectivity index (χ4n) is 10.2. The van der Waals surface area contributed by atoms with Gasteiger partial charge < -0.3 is 29.7 Å². The van der Waals surface area contributed by atoms with Gasteiger partial charge in [-0.05, 0) is 93.0 Å². The molecule has 13 nitrogen and oxygen atoms in total. The highest BCUT2D eigenvalue weighted by Crippen LogP contribution is 2.62. The second-order valence-electron chi connectivity index (χ2n) is 18.8. The van der Waals surface area contributed by atoms with E-state index in [1.54, 1.807) is 48.5 Å². The molecule has 2 N–H and O–H groups in total. The summed E-state index contributed by atoms with van der Waals surface area (Å²) in [5.41, 5.74) is 0.917. The van der Waals surface area contributed by atoms with E-state index in [0.29, 0.717) is 30.4 Å². The maximum absolute atomic E-state index is 14.8. The molecule has 0 radical (unpaired) electrons. The largest absolute Gasteiger partial charge is 0.455 e. The first-order valence-electron chi connectivity index (χ1n) is 24.8. The number of rotatable bonds is 19. The molecule has 0 bridgehead atoms. The summed E-state index contributed by atoms with van der Waals surface area (Å²) >= 11 is 14.4. The van der Waals surface area contributed by atoms with Gasteiger partial charge in [-0.25, -0.2) is 4.79 Å². The van der Waals surface area contributed by atoms with Crippen LogP contribution < -0.4 is 35.4 Å². The number of hydrogen-bond acceptors (Lipinski definition) is 12. The molecule has 0 fully saturated rings. The normalized spacial score (nSPS) is 14.4. The molecule has 2 aliphatic rings. The number of nitrogens with one attached hydrogen (secondary N) is 2. The third-order valence-electron chi connectivity index (χ3n) is 13.4. The zero-order valence-electron chi connectivity index (χ0n) is 42.8. The molecule has 6 aromatic carbocycles. The molecule has 1 spiro atoms. The van der Waals surface area contributed by atoms with E-state index < -0.39 is 36.7 Å². The third-order valence-corrected chi connectivity index (χ3v) is 18.3. The van der Waals surface area contributed by atoms with Crippen LogP contribution in [-0.4, -0.2) is 77.7 Å². The number of pyridine rings is 1. The number of aromatic nitrogens is 1. The number of nitrogens with zero attached hydrogens (tertiary/aromatic N) is 3. The van der Waals surface area contributed by atoms with E-state index in [1.807, 2.05) is 84.7 Å². The van der Waals surface area contributed by atoms with Crippen LogP contribution in [0, 0.1) is 5.41 Å². The lowest BCUT2D eigenvalue weighted by atomic mass is 9.76. The maximum Gasteiger partial charge on any atom is 0.340 e. The van der Waals surface area contributed by atoms with Gasteiger partial charge in [0.15, 0.2) is 17.1 Å². The molecule has 77 heavy (non-hydrogen) atoms. The van der Waals surface area contributed by atoms with E-state index in [-0.39, 0.29) is 86.2 Å². The second kappa shape index (κ2) is 23.2. The van der Waals surface area contributed by atoms with Gasteiger partial charge in [-0.2, -0.15) is 0 Å². The van der Waals surface area contributed by atoms with Crippen LogP contribution in [0.5, 0.6) is 23.0 Å². The van der Waals surface area contributed by atoms with Crippen LogP contribution in [0.4, 0.5) is 0 Å². The van der Waals surface area contributed by atoms with Crippen LogP contribution in [0.3, 0.4) is 0 Å². The first-order chi connectivity index (χ1) is 37.1. The molecular weight excluding hydrogens is 1030 g/mol. The lowest BCUT2D eigenvalue weighted by molar-refractivity contribution is -0.132. The number of hydrogen-bond donors (Lipinski definition) is 2. The molecule has 0 saturated heterocycles. The summed E-state index contributed by atoms with van der Waals surface area (Å²) in [6, 6.07) is 44.6. The van der Waals surface area contributed by atoms with Gasteiger partial charge in [0.05, 0.1) is 45.1 Å². The number of allylic oxidation sites excluding steroid dienone is 2. The summed E-state index contributed by atoms with van der Waals surface area (Å²) in [5, 5.41) is 15.4. The van der Waals surface area contributed by atoms with E-state index in [1.165, 1.54) is 48.0 Å². The Morgan fingerprint density at radius 3 is 1.77 bits per heavy atom. The molecule has 7 aromatic rings. The van der Waals surface area contributed by atoms with Gasteiger partial charge in [0.25, 0.3) is 5.91 Å². The number of carbonyl (C=O) groups excluding carboxylic acids is 4. The Labute approximate surface area is 457 Å². The van der Waals surface area contributed by atoms with Crippen molar-refractivity contribution in [1.82, 2.24) is 20.1 Å². The molecule has 16 heteroatoms. The highest BCUT2D eigenvalue weighted by atomic mass is 35.5. The van der Waals surface area contributed by atoms with Crippen LogP contribution >= 0.6 is 30.5 Å². The lowest BCUT2D eigenvalue weighted by Crippen LogP contribution is -2.38. The van der Waals surface area contributed by atoms with E-state index in [2.05, 4.69) is 53.3 Å². The fourth-order valence-corrected chi connectivity index (χ4v) is 14.9. The fraction of sp³-hybridized carbons (Fsp3) is 0.180. The van der Waals surface area contributed by atoms with Gasteiger partial charge in [-0.15, -0.1) is 0 Å². The molecule has 390 valence electrons. The molecular formula is C61H55Cl2N5O8P+. The average Bonchev–Trinajstić information content (AvgIpc) is 4.03. The van der Waals surface area contributed by atoms with Crippen molar-refractivity contribution in [3.63, 3.8) is 0 Å². The van der Waals surface area contributed by atoms with Gasteiger partial charge in [0.1, 0.15) is 34.7 Å². The average molecular weight is 1090 g/mol. The summed E-state index contributed by atoms with van der Waals surface area (Å²) in [4.78, 5) is 63.3. The van der Waals surface area contributed by atoms with Crippen LogP contribution in [0.25, 0.3) is 0 Å². The maximum atomic E-state index is 14.8. The number of benzene rings is 6. The topological polar surface area (TPSA) is 160 Å². The van der Waals surface area contributed by atoms with E-state index in [0.717, 1.165) is 5.69 Å². The third kappa shape index (κ3) is 11.0. The molecule has 1 amide bonds. The molecule has 2 aliphatic heterocycles. The molecule has 1 unspecified atom stereocenters. The predicted octanol–water partition coefficient (Wildman–Crippen LogP) is 10.4. The quantitative estimate of drug-likeness (QED) is 0.0261. The van der Waals surface area contributed by atoms with Crippen molar-refractivity contribution in [3.05, 3.63) is 225 Å². The zero-order valence-corrected chi connectivity index (χ0v) is 45.3. The van der Waals surface area contributed by atoms with Gasteiger partial charge >= 0.3 is 17.9 Å². The van der Waals surface area contributed by atoms with Crippen LogP contribution in [0.15, 0.2) is 171 Å². The summed E-state index contributed by atoms with van der Waals surface area (Å²) in [6.07, 6.45) is 7.13. The smallest absolute Gasteiger partial charge is 0.340 e. The SMILES string of the molecule is C=C/C=C\C(=N)CN(C)Cc1c(OC(C)=O)c(Cl)cc2c1Oc1c(cc(Cl)c(OC(C)=O)c1CN(C)Cc1ccccn1)C21OC(=O)c2cc(C(=O)NCC[P+](c3ccccc3)(c3ccccc3)c3ccccc3)ccc21. The molecule has 0 saturated carbocycles. The first kappa shape index (κ1) is 54.0. The number of esters is 3. The van der Waals surface area contributed by atoms with Gasteiger partial charge in [0.2, 0.25) is 0 Å². The minimum atomic E-state index is -2.30. The van der Waals surface area contributed by atoms with Crippen molar-refractivity contribution in [2.45, 2.75) is 39.1 Å². The molecule has 1 aromatic heterocycles. The summed E-state index contributed by atoms with van der Waals surface area (Å²) in [7, 11) is 1.32. The summed E-state index contributed by atoms with van der Waals surface area (Å²) in [5.74, 6) is -2.23. The first-order valence-corrected chi connectivity index (χ1v) is 27.5. The van der Waals surface area contributed by atoms with Gasteiger partial charge in [-0.3, -0.25) is 29.2 Å². The van der Waals surface area contributed by atoms with Gasteiger partial charge in [-0.1, -0.05) is 109 Å². The van der Waals surface area contributed by atoms with Gasteiger partial charge in [0, 0.05) is 74.2 Å². The lowest BCUT2D eigenvalue weighted by Gasteiger charge is -2.39. The molecule has 0 aliphatic carbocycles. The predicted molar refractivity (Wildman–Crippen MR) is 302 cm³/mol. The van der Waals surface area contributed by atoms with Crippen molar-refractivity contribution in [3.8, 4) is 23.0 Å². The Hall–Kier alpha value is -7.77. The molecule has 3 heterocycles. The second-order valence-corrected chi connectivity index (χ2v) is 23.2. The molecule has 9 rings (SSSR count). The van der Waals surface area contributed by atoms with Crippen molar-refractivity contribution < 1.29 is 38.1 Å². The van der Waals surface area contributed by atoms with E-state index in [4.69, 9.17) is 47.6 Å². The van der Waals surface area contributed by atoms with Crippen molar-refractivity contribution in [1.29, 1.82) is 5.41 Å². The number of carbonyl (C=O) groups is 4. The van der Waals surface area contributed by atoms with E-state index in [9.17, 15) is 19.2 Å². The van der Waals surface area contributed by atoms with Crippen LogP contribution in [0.2, 0.25) is 10.0 Å². The minimum absolute atomic E-state index is 0.00281. The Kier molecular flexibility index (Phi) is 16.3. The number of ether oxygens (including phenoxy) is 4. The zero-order chi connectivity index (χ0) is 54.4. The molecule has 1 atom stereocenters. The Morgan fingerprint density at radius 1 is 0.727 bits per heavy atom. The van der Waals surface area contributed by atoms with Crippen LogP contribution in [0.1, 0.15) is 68.1 Å². The summed E-state index contributed by atoms with van der Waals surface area (Å²) in [6.45, 7) is 7.09. The number of fused-ring (bicyclic) bond motifs is 6. The number of amides is 1. The Bertz CT molecular complexity index is 3360. The standard InChI is InChI=1S/C61H54Cl2N5O8P/c1-6-7-19-42(64)35-67(4)37-48-55-51(33-53(62)57(48)73-39(2)69)61(52-34-54(63)58(74-40(3)70)49(56(52)75-55)38-68(5)36-43-20-17-18-29-65-43)50-28-27-41(32-47(50)60(72)76-61)59(71)66-30-31-77(44-21-11-8-12-22-44,45-23-13-9-14-24-45)46-25-15-10-16-26-46/h6-29,32-34,64H,1,30-31,35-38H2,2-5H3/p+1/b19-7-,64-42?. The van der Waals surface area contributed by atoms with E-state index >= 15 is 0 Å².